The molecular weight excluding hydrogens is 166 g/mol. The van der Waals surface area contributed by atoms with Crippen molar-refractivity contribution in [2.24, 2.45) is 0 Å². The molecule has 50 valence electrons. The molecule has 2 aromatic heterocycles. The number of aromatic nitrogens is 3. The summed E-state index contributed by atoms with van der Waals surface area (Å²) in [5.74, 6) is 0. The van der Waals surface area contributed by atoms with Crippen LogP contribution in [0.5, 0.6) is 0 Å². The summed E-state index contributed by atoms with van der Waals surface area (Å²) >= 11 is 2.93. The van der Waals surface area contributed by atoms with Crippen molar-refractivity contribution in [3.05, 3.63) is 17.0 Å². The minimum Gasteiger partial charge on any atom is -0.190 e. The lowest BCUT2D eigenvalue weighted by molar-refractivity contribution is 1.09. The summed E-state index contributed by atoms with van der Waals surface area (Å²) in [4.78, 5) is 0. The first-order valence-electron chi connectivity index (χ1n) is 2.64. The molecule has 2 rings (SSSR count). The molecule has 0 saturated heterocycles. The van der Waals surface area contributed by atoms with E-state index >= 15 is 0 Å². The van der Waals surface area contributed by atoms with Crippen LogP contribution in [0.1, 0.15) is 0 Å². The third-order valence-corrected chi connectivity index (χ3v) is 2.29. The van der Waals surface area contributed by atoms with Gasteiger partial charge in [0.15, 0.2) is 5.01 Å². The van der Waals surface area contributed by atoms with Gasteiger partial charge in [-0.1, -0.05) is 11.3 Å². The minimum atomic E-state index is 0.890. The van der Waals surface area contributed by atoms with Crippen LogP contribution in [0.2, 0.25) is 0 Å². The maximum Gasteiger partial charge on any atom is 0.167 e. The molecule has 2 aromatic rings. The van der Waals surface area contributed by atoms with Gasteiger partial charge < -0.3 is 0 Å². The van der Waals surface area contributed by atoms with Crippen LogP contribution in [0.25, 0.3) is 10.7 Å². The van der Waals surface area contributed by atoms with E-state index in [1.807, 2.05) is 11.4 Å². The minimum absolute atomic E-state index is 0.890. The van der Waals surface area contributed by atoms with Crippen LogP contribution in [0, 0.1) is 0 Å². The summed E-state index contributed by atoms with van der Waals surface area (Å²) in [6.07, 6.45) is 0. The van der Waals surface area contributed by atoms with E-state index in [9.17, 15) is 0 Å². The summed E-state index contributed by atoms with van der Waals surface area (Å²) in [6.45, 7) is 0. The van der Waals surface area contributed by atoms with Gasteiger partial charge in [-0.05, 0) is 17.6 Å². The van der Waals surface area contributed by atoms with Gasteiger partial charge in [0.05, 0.1) is 0 Å². The zero-order valence-electron chi connectivity index (χ0n) is 4.89. The van der Waals surface area contributed by atoms with E-state index in [-0.39, 0.29) is 0 Å². The van der Waals surface area contributed by atoms with E-state index in [1.54, 1.807) is 5.51 Å². The Morgan fingerprint density at radius 3 is 3.00 bits per heavy atom. The molecule has 0 spiro atoms. The molecule has 0 atom stereocenters. The third kappa shape index (κ3) is 0.932. The largest absolute Gasteiger partial charge is 0.190 e. The Kier molecular flexibility index (Phi) is 1.44. The summed E-state index contributed by atoms with van der Waals surface area (Å²) in [5.41, 5.74) is 2.63. The van der Waals surface area contributed by atoms with Crippen LogP contribution in [-0.2, 0) is 0 Å². The summed E-state index contributed by atoms with van der Waals surface area (Å²) in [7, 11) is 0. The lowest BCUT2D eigenvalue weighted by Crippen LogP contribution is -1.72. The first-order valence-corrected chi connectivity index (χ1v) is 4.35. The zero-order chi connectivity index (χ0) is 6.81. The highest BCUT2D eigenvalue weighted by molar-refractivity contribution is 7.13. The molecule has 0 N–H and O–H groups in total. The molecule has 0 aliphatic carbocycles. The molecule has 0 radical (unpaired) electrons. The van der Waals surface area contributed by atoms with Crippen LogP contribution in [-0.4, -0.2) is 14.6 Å². The van der Waals surface area contributed by atoms with E-state index in [1.165, 1.54) is 22.9 Å². The van der Waals surface area contributed by atoms with Gasteiger partial charge in [-0.15, -0.1) is 10.2 Å². The fraction of sp³-hybridized carbons (Fsp3) is 0. The smallest absolute Gasteiger partial charge is 0.167 e. The van der Waals surface area contributed by atoms with Gasteiger partial charge in [0.25, 0.3) is 0 Å². The fourth-order valence-corrected chi connectivity index (χ4v) is 1.70. The highest BCUT2D eigenvalue weighted by atomic mass is 32.1. The van der Waals surface area contributed by atoms with Gasteiger partial charge in [0, 0.05) is 5.38 Å². The highest BCUT2D eigenvalue weighted by Crippen LogP contribution is 2.18. The second-order valence-corrected chi connectivity index (χ2v) is 3.13. The predicted octanol–water partition coefficient (Wildman–Crippen LogP) is 1.66. The van der Waals surface area contributed by atoms with Crippen molar-refractivity contribution < 1.29 is 0 Å². The number of nitrogens with zero attached hydrogens (tertiary/aromatic N) is 3. The molecule has 0 fully saturated rings. The molecule has 3 nitrogen and oxygen atoms in total. The van der Waals surface area contributed by atoms with Crippen molar-refractivity contribution in [1.29, 1.82) is 0 Å². The van der Waals surface area contributed by atoms with Crippen LogP contribution in [0.4, 0.5) is 0 Å². The van der Waals surface area contributed by atoms with Gasteiger partial charge in [0.1, 0.15) is 11.2 Å². The second-order valence-electron chi connectivity index (χ2n) is 1.63. The molecule has 2 heterocycles. The van der Waals surface area contributed by atoms with Crippen LogP contribution >= 0.6 is 22.9 Å². The Bertz CT molecular complexity index is 254. The quantitative estimate of drug-likeness (QED) is 0.651. The zero-order valence-corrected chi connectivity index (χ0v) is 6.52. The Labute approximate surface area is 65.5 Å². The van der Waals surface area contributed by atoms with E-state index in [0.29, 0.717) is 0 Å². The molecule has 0 unspecified atom stereocenters. The summed E-state index contributed by atoms with van der Waals surface area (Å²) < 4.78 is 4.11. The van der Waals surface area contributed by atoms with Crippen molar-refractivity contribution >= 4 is 22.9 Å². The lowest BCUT2D eigenvalue weighted by Gasteiger charge is -1.80. The lowest BCUT2D eigenvalue weighted by atomic mass is 10.5. The first kappa shape index (κ1) is 5.94. The summed E-state index contributed by atoms with van der Waals surface area (Å²) in [6, 6.07) is 1.94. The number of hydrogen-bond acceptors (Lipinski definition) is 5. The van der Waals surface area contributed by atoms with Gasteiger partial charge in [-0.25, -0.2) is 0 Å². The van der Waals surface area contributed by atoms with E-state index in [0.717, 1.165) is 10.7 Å². The molecule has 5 heteroatoms. The predicted molar refractivity (Wildman–Crippen MR) is 41.0 cm³/mol. The van der Waals surface area contributed by atoms with Crippen molar-refractivity contribution in [3.8, 4) is 10.7 Å². The van der Waals surface area contributed by atoms with E-state index in [2.05, 4.69) is 14.6 Å². The first-order chi connectivity index (χ1) is 4.97. The number of rotatable bonds is 1. The van der Waals surface area contributed by atoms with Crippen molar-refractivity contribution in [2.45, 2.75) is 0 Å². The monoisotopic (exact) mass is 169 g/mol. The maximum absolute atomic E-state index is 4.11. The van der Waals surface area contributed by atoms with Crippen molar-refractivity contribution in [1.82, 2.24) is 14.6 Å². The molecular formula is C5H3N3S2. The topological polar surface area (TPSA) is 38.7 Å². The molecule has 0 aliphatic rings. The Balaban J connectivity index is 2.48. The van der Waals surface area contributed by atoms with Crippen LogP contribution in [0.15, 0.2) is 17.0 Å². The fourth-order valence-electron chi connectivity index (χ4n) is 0.608. The number of hydrogen-bond donors (Lipinski definition) is 0. The molecule has 0 aliphatic heterocycles. The Morgan fingerprint density at radius 2 is 2.40 bits per heavy atom. The van der Waals surface area contributed by atoms with Gasteiger partial charge in [0.2, 0.25) is 0 Å². The molecule has 0 bridgehead atoms. The van der Waals surface area contributed by atoms with E-state index in [4.69, 9.17) is 0 Å². The van der Waals surface area contributed by atoms with Gasteiger partial charge >= 0.3 is 0 Å². The normalized spacial score (nSPS) is 10.0. The van der Waals surface area contributed by atoms with Crippen LogP contribution < -0.4 is 0 Å². The molecule has 0 saturated carbocycles. The second kappa shape index (κ2) is 2.43. The molecule has 0 aromatic carbocycles. The molecule has 10 heavy (non-hydrogen) atoms. The Hall–Kier alpha value is -0.810. The van der Waals surface area contributed by atoms with Gasteiger partial charge in [-0.2, -0.15) is 4.37 Å². The Morgan fingerprint density at radius 1 is 1.40 bits per heavy atom. The van der Waals surface area contributed by atoms with Crippen molar-refractivity contribution in [3.63, 3.8) is 0 Å². The van der Waals surface area contributed by atoms with Crippen molar-refractivity contribution in [2.75, 3.05) is 0 Å². The van der Waals surface area contributed by atoms with Crippen LogP contribution in [0.3, 0.4) is 0 Å². The van der Waals surface area contributed by atoms with Gasteiger partial charge in [-0.3, -0.25) is 0 Å². The summed E-state index contributed by atoms with van der Waals surface area (Å²) in [5, 5.41) is 10.4. The highest BCUT2D eigenvalue weighted by Gasteiger charge is 2.00. The maximum atomic E-state index is 4.11. The third-order valence-electron chi connectivity index (χ3n) is 1.02. The molecule has 0 amide bonds. The average Bonchev–Trinajstić information content (AvgIpc) is 2.59. The average molecular weight is 169 g/mol. The standard InChI is InChI=1S/C5H3N3S2/c1-2-10-8-4(1)5-7-6-3-9-5/h1-3H. The SMILES string of the molecule is c1cc(-c2nncs2)ns1. The van der Waals surface area contributed by atoms with E-state index < -0.39 is 0 Å².